The molecule has 0 fully saturated rings. The number of anilines is 3. The van der Waals surface area contributed by atoms with Gasteiger partial charge in [-0.1, -0.05) is 18.2 Å². The van der Waals surface area contributed by atoms with Crippen LogP contribution < -0.4 is 20.1 Å². The Morgan fingerprint density at radius 1 is 0.815 bits per heavy atom. The summed E-state index contributed by atoms with van der Waals surface area (Å²) < 4.78 is 10.4. The molecule has 0 saturated carbocycles. The van der Waals surface area contributed by atoms with Crippen molar-refractivity contribution < 1.29 is 14.3 Å². The van der Waals surface area contributed by atoms with E-state index in [-0.39, 0.29) is 5.91 Å². The smallest absolute Gasteiger partial charge is 0.255 e. The van der Waals surface area contributed by atoms with Gasteiger partial charge in [0.2, 0.25) is 0 Å². The second-order valence-corrected chi connectivity index (χ2v) is 6.04. The summed E-state index contributed by atoms with van der Waals surface area (Å²) in [5.41, 5.74) is 4.39. The van der Waals surface area contributed by atoms with Crippen molar-refractivity contribution >= 4 is 23.0 Å². The van der Waals surface area contributed by atoms with Gasteiger partial charge in [0.05, 0.1) is 14.2 Å². The zero-order valence-corrected chi connectivity index (χ0v) is 15.6. The number of hydrogen-bond acceptors (Lipinski definition) is 4. The molecule has 5 heteroatoms. The lowest BCUT2D eigenvalue weighted by Gasteiger charge is -2.11. The number of methoxy groups -OCH3 is 2. The Labute approximate surface area is 158 Å². The molecule has 0 heterocycles. The van der Waals surface area contributed by atoms with Crippen LogP contribution >= 0.6 is 0 Å². The van der Waals surface area contributed by atoms with E-state index in [9.17, 15) is 4.79 Å². The Balaban J connectivity index is 1.69. The van der Waals surface area contributed by atoms with E-state index < -0.39 is 0 Å². The van der Waals surface area contributed by atoms with Crippen LogP contribution in [-0.4, -0.2) is 20.1 Å². The molecule has 1 amide bonds. The molecule has 3 aromatic carbocycles. The first-order valence-corrected chi connectivity index (χ1v) is 8.57. The van der Waals surface area contributed by atoms with Crippen molar-refractivity contribution in [2.45, 2.75) is 6.92 Å². The largest absolute Gasteiger partial charge is 0.493 e. The maximum atomic E-state index is 12.5. The maximum Gasteiger partial charge on any atom is 0.255 e. The van der Waals surface area contributed by atoms with Gasteiger partial charge in [0.15, 0.2) is 11.5 Å². The second kappa shape index (κ2) is 8.27. The van der Waals surface area contributed by atoms with Gasteiger partial charge in [-0.3, -0.25) is 4.79 Å². The molecule has 0 radical (unpaired) electrons. The Kier molecular flexibility index (Phi) is 5.61. The lowest BCUT2D eigenvalue weighted by atomic mass is 10.1. The average molecular weight is 362 g/mol. The average Bonchev–Trinajstić information content (AvgIpc) is 2.70. The van der Waals surface area contributed by atoms with E-state index in [2.05, 4.69) is 23.6 Å². The van der Waals surface area contributed by atoms with Crippen LogP contribution in [0.4, 0.5) is 17.1 Å². The molecule has 138 valence electrons. The van der Waals surface area contributed by atoms with Crippen molar-refractivity contribution in [2.75, 3.05) is 24.9 Å². The fraction of sp³-hybridized carbons (Fsp3) is 0.136. The van der Waals surface area contributed by atoms with E-state index in [0.717, 1.165) is 11.4 Å². The zero-order chi connectivity index (χ0) is 19.2. The SMILES string of the molecule is COc1ccc(C(=O)Nc2ccc(Nc3ccccc3C)cc2)cc1OC. The van der Waals surface area contributed by atoms with Gasteiger partial charge in [-0.05, 0) is 61.0 Å². The van der Waals surface area contributed by atoms with Crippen molar-refractivity contribution in [3.8, 4) is 11.5 Å². The van der Waals surface area contributed by atoms with Crippen LogP contribution in [0.2, 0.25) is 0 Å². The van der Waals surface area contributed by atoms with Crippen LogP contribution in [0.25, 0.3) is 0 Å². The van der Waals surface area contributed by atoms with Gasteiger partial charge < -0.3 is 20.1 Å². The van der Waals surface area contributed by atoms with Gasteiger partial charge in [0.25, 0.3) is 5.91 Å². The Hall–Kier alpha value is -3.47. The zero-order valence-electron chi connectivity index (χ0n) is 15.6. The predicted molar refractivity (Wildman–Crippen MR) is 108 cm³/mol. The number of carbonyl (C=O) groups excluding carboxylic acids is 1. The number of nitrogens with one attached hydrogen (secondary N) is 2. The molecule has 27 heavy (non-hydrogen) atoms. The summed E-state index contributed by atoms with van der Waals surface area (Å²) in [6.45, 7) is 2.06. The molecule has 0 atom stereocenters. The minimum absolute atomic E-state index is 0.212. The number of carbonyl (C=O) groups is 1. The highest BCUT2D eigenvalue weighted by atomic mass is 16.5. The molecule has 0 unspecified atom stereocenters. The lowest BCUT2D eigenvalue weighted by Crippen LogP contribution is -2.12. The molecule has 0 aromatic heterocycles. The van der Waals surface area contributed by atoms with Gasteiger partial charge in [-0.2, -0.15) is 0 Å². The minimum Gasteiger partial charge on any atom is -0.493 e. The Morgan fingerprint density at radius 2 is 1.48 bits per heavy atom. The molecule has 2 N–H and O–H groups in total. The molecule has 3 rings (SSSR count). The number of amides is 1. The summed E-state index contributed by atoms with van der Waals surface area (Å²) in [4.78, 5) is 12.5. The number of rotatable bonds is 6. The standard InChI is InChI=1S/C22H22N2O3/c1-15-6-4-5-7-19(15)23-17-9-11-18(12-10-17)24-22(25)16-8-13-20(26-2)21(14-16)27-3/h4-14,23H,1-3H3,(H,24,25). The van der Waals surface area contributed by atoms with Crippen molar-refractivity contribution in [3.05, 3.63) is 77.9 Å². The first-order valence-electron chi connectivity index (χ1n) is 8.57. The Bertz CT molecular complexity index is 937. The number of para-hydroxylation sites is 1. The van der Waals surface area contributed by atoms with E-state index in [1.54, 1.807) is 32.4 Å². The maximum absolute atomic E-state index is 12.5. The predicted octanol–water partition coefficient (Wildman–Crippen LogP) is 5.01. The van der Waals surface area contributed by atoms with Crippen LogP contribution in [0.3, 0.4) is 0 Å². The first kappa shape index (κ1) is 18.3. The molecule has 0 saturated heterocycles. The van der Waals surface area contributed by atoms with Crippen molar-refractivity contribution in [2.24, 2.45) is 0 Å². The summed E-state index contributed by atoms with van der Waals surface area (Å²) in [5.74, 6) is 0.888. The monoisotopic (exact) mass is 362 g/mol. The highest BCUT2D eigenvalue weighted by Crippen LogP contribution is 2.28. The van der Waals surface area contributed by atoms with E-state index >= 15 is 0 Å². The van der Waals surface area contributed by atoms with Gasteiger partial charge in [0.1, 0.15) is 0 Å². The first-order chi connectivity index (χ1) is 13.1. The van der Waals surface area contributed by atoms with Crippen LogP contribution in [0.1, 0.15) is 15.9 Å². The second-order valence-electron chi connectivity index (χ2n) is 6.04. The Morgan fingerprint density at radius 3 is 2.15 bits per heavy atom. The van der Waals surface area contributed by atoms with Crippen molar-refractivity contribution in [3.63, 3.8) is 0 Å². The summed E-state index contributed by atoms with van der Waals surface area (Å²) in [6, 6.07) is 20.7. The topological polar surface area (TPSA) is 59.6 Å². The summed E-state index contributed by atoms with van der Waals surface area (Å²) in [6.07, 6.45) is 0. The molecular formula is C22H22N2O3. The van der Waals surface area contributed by atoms with Crippen LogP contribution in [0, 0.1) is 6.92 Å². The number of benzene rings is 3. The molecule has 0 aliphatic rings. The van der Waals surface area contributed by atoms with E-state index in [1.807, 2.05) is 42.5 Å². The van der Waals surface area contributed by atoms with Crippen LogP contribution in [0.5, 0.6) is 11.5 Å². The molecule has 0 aliphatic heterocycles. The van der Waals surface area contributed by atoms with Gasteiger partial charge in [-0.25, -0.2) is 0 Å². The third kappa shape index (κ3) is 4.39. The van der Waals surface area contributed by atoms with Crippen molar-refractivity contribution in [1.29, 1.82) is 0 Å². The normalized spacial score (nSPS) is 10.2. The third-order valence-electron chi connectivity index (χ3n) is 4.21. The fourth-order valence-corrected chi connectivity index (χ4v) is 2.69. The summed E-state index contributed by atoms with van der Waals surface area (Å²) in [5, 5.41) is 6.26. The molecule has 3 aromatic rings. The van der Waals surface area contributed by atoms with Crippen LogP contribution in [-0.2, 0) is 0 Å². The lowest BCUT2D eigenvalue weighted by molar-refractivity contribution is 0.102. The third-order valence-corrected chi connectivity index (χ3v) is 4.21. The van der Waals surface area contributed by atoms with E-state index in [0.29, 0.717) is 22.7 Å². The molecular weight excluding hydrogens is 340 g/mol. The molecule has 0 bridgehead atoms. The van der Waals surface area contributed by atoms with Gasteiger partial charge in [0, 0.05) is 22.6 Å². The summed E-state index contributed by atoms with van der Waals surface area (Å²) in [7, 11) is 3.10. The van der Waals surface area contributed by atoms with Crippen LogP contribution in [0.15, 0.2) is 66.7 Å². The fourth-order valence-electron chi connectivity index (χ4n) is 2.69. The molecule has 0 spiro atoms. The highest BCUT2D eigenvalue weighted by Gasteiger charge is 2.11. The highest BCUT2D eigenvalue weighted by molar-refractivity contribution is 6.04. The van der Waals surface area contributed by atoms with Gasteiger partial charge in [-0.15, -0.1) is 0 Å². The summed E-state index contributed by atoms with van der Waals surface area (Å²) >= 11 is 0. The van der Waals surface area contributed by atoms with Crippen molar-refractivity contribution in [1.82, 2.24) is 0 Å². The van der Waals surface area contributed by atoms with E-state index in [4.69, 9.17) is 9.47 Å². The molecule has 0 aliphatic carbocycles. The number of hydrogen-bond donors (Lipinski definition) is 2. The quantitative estimate of drug-likeness (QED) is 0.647. The van der Waals surface area contributed by atoms with Gasteiger partial charge >= 0.3 is 0 Å². The van der Waals surface area contributed by atoms with E-state index in [1.165, 1.54) is 5.56 Å². The minimum atomic E-state index is -0.212. The number of ether oxygens (including phenoxy) is 2. The molecule has 5 nitrogen and oxygen atoms in total. The number of aryl methyl sites for hydroxylation is 1.